The van der Waals surface area contributed by atoms with Crippen molar-refractivity contribution in [1.82, 2.24) is 36.2 Å². The second kappa shape index (κ2) is 18.5. The lowest BCUT2D eigenvalue weighted by Crippen LogP contribution is -2.58. The van der Waals surface area contributed by atoms with Crippen molar-refractivity contribution in [2.45, 2.75) is 69.6 Å². The molecular weight excluding hydrogens is 654 g/mol. The van der Waals surface area contributed by atoms with Gasteiger partial charge in [0.1, 0.15) is 18.1 Å². The Morgan fingerprint density at radius 1 is 0.784 bits per heavy atom. The minimum Gasteiger partial charge on any atom is -0.370 e. The molecule has 5 amide bonds. The number of nitrogens with zero attached hydrogens (tertiary/aromatic N) is 2. The quantitative estimate of drug-likeness (QED) is 0.0359. The molecule has 0 aliphatic rings. The Morgan fingerprint density at radius 3 is 2.12 bits per heavy atom. The van der Waals surface area contributed by atoms with Gasteiger partial charge in [-0.3, -0.25) is 29.0 Å². The summed E-state index contributed by atoms with van der Waals surface area (Å²) in [6.45, 7) is 1.48. The molecule has 4 rings (SSSR count). The average molecular weight is 700 g/mol. The normalized spacial score (nSPS) is 13.3. The van der Waals surface area contributed by atoms with E-state index in [0.29, 0.717) is 18.5 Å². The molecule has 270 valence electrons. The van der Waals surface area contributed by atoms with Crippen LogP contribution in [0.25, 0.3) is 10.9 Å². The smallest absolute Gasteiger partial charge is 0.243 e. The van der Waals surface area contributed by atoms with E-state index in [1.807, 2.05) is 36.5 Å². The van der Waals surface area contributed by atoms with E-state index in [4.69, 9.17) is 17.2 Å². The number of hydrogen-bond acceptors (Lipinski definition) is 7. The molecule has 0 radical (unpaired) electrons. The number of nitrogens with one attached hydrogen (secondary N) is 6. The fourth-order valence-corrected chi connectivity index (χ4v) is 5.73. The maximum Gasteiger partial charge on any atom is 0.243 e. The van der Waals surface area contributed by atoms with Gasteiger partial charge in [-0.15, -0.1) is 0 Å². The molecule has 16 heteroatoms. The minimum atomic E-state index is -1.14. The molecule has 0 aliphatic carbocycles. The van der Waals surface area contributed by atoms with E-state index in [2.05, 4.69) is 41.2 Å². The molecule has 12 N–H and O–H groups in total. The predicted octanol–water partition coefficient (Wildman–Crippen LogP) is -0.193. The zero-order chi connectivity index (χ0) is 36.8. The summed E-state index contributed by atoms with van der Waals surface area (Å²) >= 11 is 0. The van der Waals surface area contributed by atoms with Crippen molar-refractivity contribution in [3.05, 3.63) is 90.1 Å². The molecule has 0 unspecified atom stereocenters. The van der Waals surface area contributed by atoms with E-state index < -0.39 is 53.7 Å². The second-order valence-corrected chi connectivity index (χ2v) is 12.2. The zero-order valence-electron chi connectivity index (χ0n) is 28.4. The van der Waals surface area contributed by atoms with E-state index in [-0.39, 0.29) is 38.2 Å². The number of nitrogens with two attached hydrogens (primary N) is 3. The van der Waals surface area contributed by atoms with Gasteiger partial charge in [0, 0.05) is 67.8 Å². The molecule has 2 aromatic carbocycles. The van der Waals surface area contributed by atoms with Gasteiger partial charge in [-0.2, -0.15) is 0 Å². The van der Waals surface area contributed by atoms with Crippen LogP contribution in [-0.4, -0.2) is 81.2 Å². The minimum absolute atomic E-state index is 0.0858. The van der Waals surface area contributed by atoms with E-state index in [0.717, 1.165) is 22.0 Å². The van der Waals surface area contributed by atoms with Gasteiger partial charge in [0.25, 0.3) is 0 Å². The summed E-state index contributed by atoms with van der Waals surface area (Å²) in [7, 11) is 0. The Hall–Kier alpha value is -6.19. The number of aromatic nitrogens is 3. The molecule has 2 aromatic heterocycles. The van der Waals surface area contributed by atoms with Gasteiger partial charge in [0.05, 0.1) is 6.33 Å². The average Bonchev–Trinajstić information content (AvgIpc) is 3.75. The molecule has 0 bridgehead atoms. The Morgan fingerprint density at radius 2 is 1.45 bits per heavy atom. The number of H-pyrrole nitrogens is 2. The number of carbonyl (C=O) groups excluding carboxylic acids is 5. The van der Waals surface area contributed by atoms with Gasteiger partial charge < -0.3 is 48.4 Å². The number of primary amides is 1. The monoisotopic (exact) mass is 699 g/mol. The zero-order valence-corrected chi connectivity index (χ0v) is 28.4. The van der Waals surface area contributed by atoms with E-state index in [1.165, 1.54) is 19.4 Å². The van der Waals surface area contributed by atoms with Crippen molar-refractivity contribution in [3.8, 4) is 0 Å². The summed E-state index contributed by atoms with van der Waals surface area (Å²) in [6, 6.07) is 12.7. The van der Waals surface area contributed by atoms with E-state index in [9.17, 15) is 24.0 Å². The highest BCUT2D eigenvalue weighted by molar-refractivity contribution is 5.94. The first-order chi connectivity index (χ1) is 24.5. The van der Waals surface area contributed by atoms with Crippen molar-refractivity contribution in [2.75, 3.05) is 6.54 Å². The molecule has 0 saturated carbocycles. The van der Waals surface area contributed by atoms with Crippen LogP contribution in [0.1, 0.15) is 43.0 Å². The van der Waals surface area contributed by atoms with Crippen LogP contribution in [0.5, 0.6) is 0 Å². The summed E-state index contributed by atoms with van der Waals surface area (Å²) in [5.74, 6) is -2.96. The highest BCUT2D eigenvalue weighted by atomic mass is 16.2. The van der Waals surface area contributed by atoms with Crippen molar-refractivity contribution in [2.24, 2.45) is 22.2 Å². The fraction of sp³-hybridized carbons (Fsp3) is 0.343. The van der Waals surface area contributed by atoms with Crippen LogP contribution >= 0.6 is 0 Å². The van der Waals surface area contributed by atoms with Crippen LogP contribution in [0.3, 0.4) is 0 Å². The molecule has 4 aromatic rings. The van der Waals surface area contributed by atoms with Gasteiger partial charge >= 0.3 is 0 Å². The van der Waals surface area contributed by atoms with Crippen LogP contribution < -0.4 is 38.5 Å². The van der Waals surface area contributed by atoms with Crippen molar-refractivity contribution in [1.29, 1.82) is 0 Å². The van der Waals surface area contributed by atoms with Crippen LogP contribution in [0.4, 0.5) is 0 Å². The first-order valence-electron chi connectivity index (χ1n) is 16.6. The molecule has 0 spiro atoms. The van der Waals surface area contributed by atoms with Crippen LogP contribution in [0.2, 0.25) is 0 Å². The highest BCUT2D eigenvalue weighted by Crippen LogP contribution is 2.20. The molecule has 51 heavy (non-hydrogen) atoms. The number of rotatable bonds is 19. The number of para-hydroxylation sites is 1. The van der Waals surface area contributed by atoms with Gasteiger partial charge in [0.2, 0.25) is 29.5 Å². The Kier molecular flexibility index (Phi) is 13.7. The summed E-state index contributed by atoms with van der Waals surface area (Å²) < 4.78 is 0. The third-order valence-corrected chi connectivity index (χ3v) is 8.10. The molecule has 16 nitrogen and oxygen atoms in total. The lowest BCUT2D eigenvalue weighted by atomic mass is 10.0. The second-order valence-electron chi connectivity index (χ2n) is 12.2. The number of aliphatic imine (C=N–C) groups is 1. The number of carbonyl (C=O) groups is 5. The van der Waals surface area contributed by atoms with Gasteiger partial charge in [0.15, 0.2) is 5.96 Å². The Bertz CT molecular complexity index is 1800. The number of fused-ring (bicyclic) bond motifs is 1. The first-order valence-corrected chi connectivity index (χ1v) is 16.6. The lowest BCUT2D eigenvalue weighted by molar-refractivity contribution is -0.133. The third kappa shape index (κ3) is 12.0. The molecule has 0 aliphatic heterocycles. The van der Waals surface area contributed by atoms with Gasteiger partial charge in [-0.1, -0.05) is 48.5 Å². The molecule has 0 fully saturated rings. The van der Waals surface area contributed by atoms with Crippen molar-refractivity contribution < 1.29 is 24.0 Å². The standard InChI is InChI=1S/C35H45N11O5/c1-21(47)43-30(16-25-19-39-20-42-25)34(51)46-29(14-22-8-3-2-4-9-22)33(50)45-28(12-7-13-40-35(37)38)32(49)44-24(17-31(36)48)15-23-18-41-27-11-6-5-10-26(23)27/h2-6,8-11,18-20,24,28-30,41H,7,12-17H2,1H3,(H2,36,48)(H,39,42)(H,43,47)(H,44,49)(H,45,50)(H,46,51)(H4,37,38,40)/t24-,28-,29+,30-/m0/s1. The van der Waals surface area contributed by atoms with Gasteiger partial charge in [-0.05, 0) is 36.5 Å². The number of guanidine groups is 1. The lowest BCUT2D eigenvalue weighted by Gasteiger charge is -2.26. The summed E-state index contributed by atoms with van der Waals surface area (Å²) in [6.07, 6.45) is 5.59. The van der Waals surface area contributed by atoms with E-state index in [1.54, 1.807) is 24.3 Å². The summed E-state index contributed by atoms with van der Waals surface area (Å²) in [5, 5.41) is 12.0. The maximum atomic E-state index is 14.0. The van der Waals surface area contributed by atoms with Crippen molar-refractivity contribution >= 4 is 46.4 Å². The fourth-order valence-electron chi connectivity index (χ4n) is 5.73. The number of aromatic amines is 2. The first kappa shape index (κ1) is 37.6. The van der Waals surface area contributed by atoms with E-state index >= 15 is 0 Å². The SMILES string of the molecule is CC(=O)N[C@@H](Cc1cnc[nH]1)C(=O)N[C@H](Cc1ccccc1)C(=O)N[C@@H](CCCN=C(N)N)C(=O)N[C@H](CC(N)=O)Cc1c[nH]c2ccccc12. The molecule has 0 saturated heterocycles. The molecular formula is C35H45N11O5. The molecule has 4 atom stereocenters. The number of hydrogen-bond donors (Lipinski definition) is 9. The summed E-state index contributed by atoms with van der Waals surface area (Å²) in [5.41, 5.74) is 19.7. The maximum absolute atomic E-state index is 14.0. The number of benzene rings is 2. The van der Waals surface area contributed by atoms with Crippen LogP contribution in [-0.2, 0) is 43.2 Å². The van der Waals surface area contributed by atoms with Crippen LogP contribution in [0.15, 0.2) is 78.3 Å². The van der Waals surface area contributed by atoms with Crippen LogP contribution in [0, 0.1) is 0 Å². The highest BCUT2D eigenvalue weighted by Gasteiger charge is 2.31. The van der Waals surface area contributed by atoms with Gasteiger partial charge in [-0.25, -0.2) is 4.98 Å². The Labute approximate surface area is 294 Å². The molecule has 2 heterocycles. The predicted molar refractivity (Wildman–Crippen MR) is 192 cm³/mol. The largest absolute Gasteiger partial charge is 0.370 e. The van der Waals surface area contributed by atoms with Crippen molar-refractivity contribution in [3.63, 3.8) is 0 Å². The third-order valence-electron chi connectivity index (χ3n) is 8.10. The topological polar surface area (TPSA) is 268 Å². The number of imidazole rings is 1. The summed E-state index contributed by atoms with van der Waals surface area (Å²) in [4.78, 5) is 79.6. The number of amides is 5. The Balaban J connectivity index is 1.56.